The predicted octanol–water partition coefficient (Wildman–Crippen LogP) is 5.78. The molecule has 3 nitrogen and oxygen atoms in total. The van der Waals surface area contributed by atoms with Crippen LogP contribution in [0.4, 0.5) is 0 Å². The SMILES string of the molecule is Cc1ccc(-c2c(Cl)nc(-c3ccc(Br)o3)nc2Cl)cc1. The topological polar surface area (TPSA) is 38.9 Å². The Morgan fingerprint density at radius 2 is 1.57 bits per heavy atom. The Morgan fingerprint density at radius 1 is 0.952 bits per heavy atom. The van der Waals surface area contributed by atoms with Gasteiger partial charge >= 0.3 is 0 Å². The third-order valence-electron chi connectivity index (χ3n) is 2.95. The second-order valence-corrected chi connectivity index (χ2v) is 5.97. The van der Waals surface area contributed by atoms with Crippen molar-refractivity contribution in [3.63, 3.8) is 0 Å². The molecule has 6 heteroatoms. The lowest BCUT2D eigenvalue weighted by molar-refractivity contribution is 0.551. The summed E-state index contributed by atoms with van der Waals surface area (Å²) in [4.78, 5) is 8.54. The number of halogens is 3. The summed E-state index contributed by atoms with van der Waals surface area (Å²) in [6.45, 7) is 2.02. The average molecular weight is 384 g/mol. The Morgan fingerprint density at radius 3 is 2.10 bits per heavy atom. The standard InChI is InChI=1S/C15H9BrCl2N2O/c1-8-2-4-9(5-3-8)12-13(17)19-15(20-14(12)18)10-6-7-11(16)21-10/h2-7H,1H3. The Labute approximate surface area is 140 Å². The van der Waals surface area contributed by atoms with E-state index in [4.69, 9.17) is 27.6 Å². The summed E-state index contributed by atoms with van der Waals surface area (Å²) in [5.41, 5.74) is 2.65. The molecule has 21 heavy (non-hydrogen) atoms. The molecule has 106 valence electrons. The Hall–Kier alpha value is -1.36. The van der Waals surface area contributed by atoms with Crippen LogP contribution in [0.5, 0.6) is 0 Å². The minimum Gasteiger partial charge on any atom is -0.446 e. The molecule has 0 N–H and O–H groups in total. The van der Waals surface area contributed by atoms with Crippen LogP contribution >= 0.6 is 39.1 Å². The highest BCUT2D eigenvalue weighted by Gasteiger charge is 2.16. The van der Waals surface area contributed by atoms with Gasteiger partial charge in [-0.15, -0.1) is 0 Å². The van der Waals surface area contributed by atoms with Crippen molar-refractivity contribution in [2.45, 2.75) is 6.92 Å². The zero-order valence-corrected chi connectivity index (χ0v) is 14.0. The maximum Gasteiger partial charge on any atom is 0.198 e. The highest BCUT2D eigenvalue weighted by Crippen LogP contribution is 2.34. The van der Waals surface area contributed by atoms with Gasteiger partial charge in [0, 0.05) is 0 Å². The van der Waals surface area contributed by atoms with Gasteiger partial charge in [0.1, 0.15) is 10.3 Å². The summed E-state index contributed by atoms with van der Waals surface area (Å²) in [6, 6.07) is 11.4. The first kappa shape index (κ1) is 14.6. The lowest BCUT2D eigenvalue weighted by atomic mass is 10.1. The van der Waals surface area contributed by atoms with Crippen LogP contribution in [-0.4, -0.2) is 9.97 Å². The monoisotopic (exact) mass is 382 g/mol. The number of furan rings is 1. The molecule has 0 aliphatic rings. The van der Waals surface area contributed by atoms with Gasteiger partial charge in [-0.2, -0.15) is 0 Å². The van der Waals surface area contributed by atoms with Crippen molar-refractivity contribution in [2.24, 2.45) is 0 Å². The van der Waals surface area contributed by atoms with Crippen molar-refractivity contribution in [1.29, 1.82) is 0 Å². The molecular weight excluding hydrogens is 375 g/mol. The Bertz CT molecular complexity index is 777. The van der Waals surface area contributed by atoms with Crippen LogP contribution < -0.4 is 0 Å². The first-order valence-electron chi connectivity index (χ1n) is 6.10. The Balaban J connectivity index is 2.10. The van der Waals surface area contributed by atoms with Crippen molar-refractivity contribution in [1.82, 2.24) is 9.97 Å². The van der Waals surface area contributed by atoms with E-state index in [-0.39, 0.29) is 0 Å². The molecule has 0 atom stereocenters. The smallest absolute Gasteiger partial charge is 0.198 e. The van der Waals surface area contributed by atoms with E-state index in [1.54, 1.807) is 12.1 Å². The van der Waals surface area contributed by atoms with Gasteiger partial charge < -0.3 is 4.42 Å². The van der Waals surface area contributed by atoms with Crippen molar-refractivity contribution in [2.75, 3.05) is 0 Å². The molecule has 0 bridgehead atoms. The maximum atomic E-state index is 6.28. The zero-order valence-electron chi connectivity index (χ0n) is 10.9. The largest absolute Gasteiger partial charge is 0.446 e. The van der Waals surface area contributed by atoms with Gasteiger partial charge in [0.15, 0.2) is 16.3 Å². The average Bonchev–Trinajstić information content (AvgIpc) is 2.87. The third kappa shape index (κ3) is 2.98. The minimum atomic E-state index is 0.293. The van der Waals surface area contributed by atoms with Crippen LogP contribution in [0.3, 0.4) is 0 Å². The summed E-state index contributed by atoms with van der Waals surface area (Å²) in [7, 11) is 0. The van der Waals surface area contributed by atoms with Gasteiger partial charge in [-0.05, 0) is 40.5 Å². The second-order valence-electron chi connectivity index (χ2n) is 4.47. The van der Waals surface area contributed by atoms with E-state index in [0.717, 1.165) is 11.1 Å². The molecule has 0 saturated carbocycles. The molecular formula is C15H9BrCl2N2O. The van der Waals surface area contributed by atoms with Crippen LogP contribution in [0.15, 0.2) is 45.5 Å². The minimum absolute atomic E-state index is 0.293. The van der Waals surface area contributed by atoms with Gasteiger partial charge in [-0.3, -0.25) is 0 Å². The predicted molar refractivity (Wildman–Crippen MR) is 87.6 cm³/mol. The number of aryl methyl sites for hydroxylation is 1. The number of hydrogen-bond donors (Lipinski definition) is 0. The van der Waals surface area contributed by atoms with E-state index in [1.807, 2.05) is 31.2 Å². The molecule has 0 saturated heterocycles. The third-order valence-corrected chi connectivity index (χ3v) is 3.93. The van der Waals surface area contributed by atoms with Crippen LogP contribution in [0.1, 0.15) is 5.56 Å². The molecule has 0 spiro atoms. The molecule has 3 aromatic rings. The fraction of sp³-hybridized carbons (Fsp3) is 0.0667. The van der Waals surface area contributed by atoms with Crippen molar-refractivity contribution < 1.29 is 4.42 Å². The summed E-state index contributed by atoms with van der Waals surface area (Å²) >= 11 is 15.8. The molecule has 0 unspecified atom stereocenters. The summed E-state index contributed by atoms with van der Waals surface area (Å²) in [6.07, 6.45) is 0. The van der Waals surface area contributed by atoms with Gasteiger partial charge in [0.2, 0.25) is 0 Å². The van der Waals surface area contributed by atoms with Crippen LogP contribution in [0, 0.1) is 6.92 Å². The summed E-state index contributed by atoms with van der Waals surface area (Å²) < 4.78 is 6.01. The molecule has 0 aliphatic heterocycles. The molecule has 0 radical (unpaired) electrons. The normalized spacial score (nSPS) is 10.9. The highest BCUT2D eigenvalue weighted by atomic mass is 79.9. The fourth-order valence-corrected chi connectivity index (χ4v) is 2.82. The van der Waals surface area contributed by atoms with Crippen molar-refractivity contribution in [3.05, 3.63) is 56.9 Å². The molecule has 1 aromatic carbocycles. The fourth-order valence-electron chi connectivity index (χ4n) is 1.91. The number of nitrogens with zero attached hydrogens (tertiary/aromatic N) is 2. The van der Waals surface area contributed by atoms with Crippen molar-refractivity contribution >= 4 is 39.1 Å². The number of rotatable bonds is 2. The maximum absolute atomic E-state index is 6.28. The van der Waals surface area contributed by atoms with Crippen molar-refractivity contribution in [3.8, 4) is 22.7 Å². The van der Waals surface area contributed by atoms with E-state index in [9.17, 15) is 0 Å². The van der Waals surface area contributed by atoms with E-state index < -0.39 is 0 Å². The summed E-state index contributed by atoms with van der Waals surface area (Å²) in [5, 5.41) is 0.586. The lowest BCUT2D eigenvalue weighted by Gasteiger charge is -2.08. The van der Waals surface area contributed by atoms with Gasteiger partial charge in [0.25, 0.3) is 0 Å². The van der Waals surface area contributed by atoms with Crippen LogP contribution in [0.25, 0.3) is 22.7 Å². The van der Waals surface area contributed by atoms with E-state index >= 15 is 0 Å². The Kier molecular flexibility index (Phi) is 4.02. The molecule has 0 fully saturated rings. The zero-order chi connectivity index (χ0) is 15.0. The molecule has 3 rings (SSSR count). The first-order chi connectivity index (χ1) is 10.0. The quantitative estimate of drug-likeness (QED) is 0.526. The second kappa shape index (κ2) is 5.79. The molecule has 0 aliphatic carbocycles. The number of aromatic nitrogens is 2. The molecule has 2 aromatic heterocycles. The summed E-state index contributed by atoms with van der Waals surface area (Å²) in [5.74, 6) is 0.854. The van der Waals surface area contributed by atoms with Gasteiger partial charge in [-0.25, -0.2) is 9.97 Å². The first-order valence-corrected chi connectivity index (χ1v) is 7.65. The van der Waals surface area contributed by atoms with E-state index in [1.165, 1.54) is 0 Å². The number of benzene rings is 1. The molecule has 0 amide bonds. The lowest BCUT2D eigenvalue weighted by Crippen LogP contribution is -1.94. The van der Waals surface area contributed by atoms with Crippen LogP contribution in [-0.2, 0) is 0 Å². The number of hydrogen-bond acceptors (Lipinski definition) is 3. The van der Waals surface area contributed by atoms with E-state index in [0.29, 0.717) is 32.1 Å². The van der Waals surface area contributed by atoms with Crippen LogP contribution in [0.2, 0.25) is 10.3 Å². The molecule has 2 heterocycles. The van der Waals surface area contributed by atoms with Gasteiger partial charge in [0.05, 0.1) is 5.56 Å². The highest BCUT2D eigenvalue weighted by molar-refractivity contribution is 9.10. The van der Waals surface area contributed by atoms with E-state index in [2.05, 4.69) is 25.9 Å². The van der Waals surface area contributed by atoms with Gasteiger partial charge in [-0.1, -0.05) is 53.0 Å².